The summed E-state index contributed by atoms with van der Waals surface area (Å²) in [5, 5.41) is 0.645. The Kier molecular flexibility index (Phi) is 4.88. The number of rotatable bonds is 5. The topological polar surface area (TPSA) is 44.1 Å². The first-order valence-electron chi connectivity index (χ1n) is 7.31. The standard InChI is InChI=1S/C16H21ClN2O2/c1-5-19-13-8-7-11(17)9-12(13)18-15(19)14(10(3)4)16(20)21-6-2/h7-10,14H,5-6H2,1-4H3. The third-order valence-corrected chi connectivity index (χ3v) is 3.78. The van der Waals surface area contributed by atoms with E-state index < -0.39 is 0 Å². The van der Waals surface area contributed by atoms with Gasteiger partial charge in [0.15, 0.2) is 0 Å². The summed E-state index contributed by atoms with van der Waals surface area (Å²) in [4.78, 5) is 16.9. The number of hydrogen-bond donors (Lipinski definition) is 0. The van der Waals surface area contributed by atoms with Crippen LogP contribution < -0.4 is 0 Å². The van der Waals surface area contributed by atoms with Crippen molar-refractivity contribution in [1.82, 2.24) is 9.55 Å². The van der Waals surface area contributed by atoms with E-state index in [1.54, 1.807) is 0 Å². The number of benzene rings is 1. The van der Waals surface area contributed by atoms with Crippen molar-refractivity contribution in [2.45, 2.75) is 40.2 Å². The van der Waals surface area contributed by atoms with Crippen LogP contribution in [0.25, 0.3) is 11.0 Å². The van der Waals surface area contributed by atoms with Crippen LogP contribution in [0.1, 0.15) is 39.4 Å². The minimum atomic E-state index is -0.365. The Morgan fingerprint density at radius 3 is 2.67 bits per heavy atom. The maximum atomic E-state index is 12.3. The number of hydrogen-bond acceptors (Lipinski definition) is 3. The van der Waals surface area contributed by atoms with E-state index in [2.05, 4.69) is 9.55 Å². The van der Waals surface area contributed by atoms with Crippen LogP contribution in [0.2, 0.25) is 5.02 Å². The zero-order valence-electron chi connectivity index (χ0n) is 12.9. The van der Waals surface area contributed by atoms with Crippen molar-refractivity contribution in [2.75, 3.05) is 6.61 Å². The molecule has 0 bridgehead atoms. The number of carbonyl (C=O) groups excluding carboxylic acids is 1. The van der Waals surface area contributed by atoms with Crippen LogP contribution in [-0.4, -0.2) is 22.1 Å². The van der Waals surface area contributed by atoms with Crippen LogP contribution in [0, 0.1) is 5.92 Å². The molecule has 0 fully saturated rings. The second kappa shape index (κ2) is 6.48. The number of aromatic nitrogens is 2. The molecule has 21 heavy (non-hydrogen) atoms. The van der Waals surface area contributed by atoms with Crippen LogP contribution in [0.5, 0.6) is 0 Å². The van der Waals surface area contributed by atoms with E-state index in [9.17, 15) is 4.79 Å². The van der Waals surface area contributed by atoms with Crippen LogP contribution in [0.15, 0.2) is 18.2 Å². The minimum Gasteiger partial charge on any atom is -0.465 e. The number of imidazole rings is 1. The lowest BCUT2D eigenvalue weighted by atomic mass is 9.95. The van der Waals surface area contributed by atoms with Gasteiger partial charge in [0.25, 0.3) is 0 Å². The third-order valence-electron chi connectivity index (χ3n) is 3.54. The van der Waals surface area contributed by atoms with Crippen molar-refractivity contribution < 1.29 is 9.53 Å². The average molecular weight is 309 g/mol. The number of ether oxygens (including phenoxy) is 1. The van der Waals surface area contributed by atoms with Gasteiger partial charge in [-0.2, -0.15) is 0 Å². The lowest BCUT2D eigenvalue weighted by molar-refractivity contribution is -0.146. The monoisotopic (exact) mass is 308 g/mol. The number of halogens is 1. The molecule has 5 heteroatoms. The van der Waals surface area contributed by atoms with E-state index in [0.717, 1.165) is 23.4 Å². The number of esters is 1. The summed E-state index contributed by atoms with van der Waals surface area (Å²) in [5.74, 6) is 0.282. The summed E-state index contributed by atoms with van der Waals surface area (Å²) in [6.07, 6.45) is 0. The maximum Gasteiger partial charge on any atom is 0.316 e. The summed E-state index contributed by atoms with van der Waals surface area (Å²) >= 11 is 6.04. The zero-order chi connectivity index (χ0) is 15.6. The summed E-state index contributed by atoms with van der Waals surface area (Å²) < 4.78 is 7.28. The normalized spacial score (nSPS) is 12.9. The van der Waals surface area contributed by atoms with Gasteiger partial charge in [-0.3, -0.25) is 4.79 Å². The lowest BCUT2D eigenvalue weighted by Gasteiger charge is -2.19. The molecule has 1 aromatic carbocycles. The highest BCUT2D eigenvalue weighted by atomic mass is 35.5. The van der Waals surface area contributed by atoms with E-state index >= 15 is 0 Å². The first kappa shape index (κ1) is 15.8. The van der Waals surface area contributed by atoms with Crippen molar-refractivity contribution in [3.05, 3.63) is 29.0 Å². The number of nitrogens with zero attached hydrogens (tertiary/aromatic N) is 2. The van der Waals surface area contributed by atoms with Crippen molar-refractivity contribution in [3.8, 4) is 0 Å². The molecule has 0 aliphatic rings. The van der Waals surface area contributed by atoms with Crippen molar-refractivity contribution >= 4 is 28.6 Å². The van der Waals surface area contributed by atoms with Gasteiger partial charge in [0.05, 0.1) is 17.6 Å². The Labute approximate surface area is 130 Å². The van der Waals surface area contributed by atoms with Gasteiger partial charge in [0.1, 0.15) is 11.7 Å². The predicted molar refractivity (Wildman–Crippen MR) is 84.6 cm³/mol. The smallest absolute Gasteiger partial charge is 0.316 e. The van der Waals surface area contributed by atoms with Crippen LogP contribution >= 0.6 is 11.6 Å². The highest BCUT2D eigenvalue weighted by Crippen LogP contribution is 2.30. The summed E-state index contributed by atoms with van der Waals surface area (Å²) in [6, 6.07) is 5.62. The Morgan fingerprint density at radius 1 is 1.38 bits per heavy atom. The maximum absolute atomic E-state index is 12.3. The van der Waals surface area contributed by atoms with Crippen molar-refractivity contribution in [3.63, 3.8) is 0 Å². The Morgan fingerprint density at radius 2 is 2.10 bits per heavy atom. The largest absolute Gasteiger partial charge is 0.465 e. The molecule has 114 valence electrons. The van der Waals surface area contributed by atoms with Gasteiger partial charge in [-0.05, 0) is 38.0 Å². The molecule has 0 radical (unpaired) electrons. The Bertz CT molecular complexity index is 649. The molecule has 1 unspecified atom stereocenters. The number of fused-ring (bicyclic) bond motifs is 1. The van der Waals surface area contributed by atoms with Gasteiger partial charge in [-0.1, -0.05) is 25.4 Å². The Hall–Kier alpha value is -1.55. The van der Waals surface area contributed by atoms with Crippen LogP contribution in [-0.2, 0) is 16.1 Å². The van der Waals surface area contributed by atoms with Gasteiger partial charge < -0.3 is 9.30 Å². The number of aryl methyl sites for hydroxylation is 1. The molecule has 0 saturated heterocycles. The summed E-state index contributed by atoms with van der Waals surface area (Å²) in [6.45, 7) is 9.00. The van der Waals surface area contributed by atoms with E-state index in [1.807, 2.05) is 45.9 Å². The molecule has 0 amide bonds. The van der Waals surface area contributed by atoms with Gasteiger partial charge in [-0.25, -0.2) is 4.98 Å². The molecule has 2 aromatic rings. The summed E-state index contributed by atoms with van der Waals surface area (Å²) in [7, 11) is 0. The van der Waals surface area contributed by atoms with Crippen LogP contribution in [0.4, 0.5) is 0 Å². The molecule has 1 atom stereocenters. The molecule has 1 aromatic heterocycles. The van der Waals surface area contributed by atoms with E-state index in [0.29, 0.717) is 11.6 Å². The fourth-order valence-corrected chi connectivity index (χ4v) is 2.77. The molecule has 0 spiro atoms. The van der Waals surface area contributed by atoms with Crippen LogP contribution in [0.3, 0.4) is 0 Å². The second-order valence-corrected chi connectivity index (χ2v) is 5.76. The molecule has 0 aliphatic heterocycles. The van der Waals surface area contributed by atoms with Gasteiger partial charge in [-0.15, -0.1) is 0 Å². The SMILES string of the molecule is CCOC(=O)C(c1nc2cc(Cl)ccc2n1CC)C(C)C. The quantitative estimate of drug-likeness (QED) is 0.784. The van der Waals surface area contributed by atoms with E-state index in [1.165, 1.54) is 0 Å². The average Bonchev–Trinajstić information content (AvgIpc) is 2.75. The molecule has 4 nitrogen and oxygen atoms in total. The van der Waals surface area contributed by atoms with Gasteiger partial charge in [0.2, 0.25) is 0 Å². The third kappa shape index (κ3) is 3.05. The van der Waals surface area contributed by atoms with Gasteiger partial charge in [0, 0.05) is 11.6 Å². The number of carbonyl (C=O) groups is 1. The highest BCUT2D eigenvalue weighted by Gasteiger charge is 2.30. The molecule has 0 saturated carbocycles. The fraction of sp³-hybridized carbons (Fsp3) is 0.500. The Balaban J connectivity index is 2.59. The zero-order valence-corrected chi connectivity index (χ0v) is 13.6. The van der Waals surface area contributed by atoms with Gasteiger partial charge >= 0.3 is 5.97 Å². The summed E-state index contributed by atoms with van der Waals surface area (Å²) in [5.41, 5.74) is 1.81. The molecular weight excluding hydrogens is 288 g/mol. The highest BCUT2D eigenvalue weighted by molar-refractivity contribution is 6.31. The molecule has 0 N–H and O–H groups in total. The first-order chi connectivity index (χ1) is 9.99. The molecular formula is C16H21ClN2O2. The minimum absolute atomic E-state index is 0.113. The molecule has 2 rings (SSSR count). The van der Waals surface area contributed by atoms with Crippen molar-refractivity contribution in [2.24, 2.45) is 5.92 Å². The van der Waals surface area contributed by atoms with E-state index in [-0.39, 0.29) is 17.8 Å². The van der Waals surface area contributed by atoms with Crippen molar-refractivity contribution in [1.29, 1.82) is 0 Å². The molecule has 0 aliphatic carbocycles. The first-order valence-corrected chi connectivity index (χ1v) is 7.69. The predicted octanol–water partition coefficient (Wildman–Crippen LogP) is 4.01. The second-order valence-electron chi connectivity index (χ2n) is 5.32. The fourth-order valence-electron chi connectivity index (χ4n) is 2.60. The molecule has 1 heterocycles. The van der Waals surface area contributed by atoms with E-state index in [4.69, 9.17) is 16.3 Å². The lowest BCUT2D eigenvalue weighted by Crippen LogP contribution is -2.24.